The van der Waals surface area contributed by atoms with Crippen LogP contribution in [0.1, 0.15) is 16.8 Å². The number of guanidine groups is 1. The molecule has 0 atom stereocenters. The summed E-state index contributed by atoms with van der Waals surface area (Å²) in [5.74, 6) is 1.65. The molecule has 0 fully saturated rings. The maximum Gasteiger partial charge on any atom is 0.191 e. The first kappa shape index (κ1) is 16.9. The Kier molecular flexibility index (Phi) is 6.02. The summed E-state index contributed by atoms with van der Waals surface area (Å²) in [5.41, 5.74) is 3.52. The first-order valence-corrected chi connectivity index (χ1v) is 7.71. The number of ether oxygens (including phenoxy) is 1. The fourth-order valence-electron chi connectivity index (χ4n) is 2.32. The van der Waals surface area contributed by atoms with Crippen LogP contribution in [0.25, 0.3) is 0 Å². The molecule has 6 nitrogen and oxygen atoms in total. The highest BCUT2D eigenvalue weighted by atomic mass is 16.5. The molecule has 0 aliphatic rings. The summed E-state index contributed by atoms with van der Waals surface area (Å²) in [6, 6.07) is 8.20. The Morgan fingerprint density at radius 3 is 2.57 bits per heavy atom. The van der Waals surface area contributed by atoms with Gasteiger partial charge in [0.05, 0.1) is 18.8 Å². The molecule has 2 aromatic rings. The topological polar surface area (TPSA) is 63.5 Å². The van der Waals surface area contributed by atoms with E-state index in [-0.39, 0.29) is 0 Å². The number of rotatable bonds is 6. The monoisotopic (exact) mass is 315 g/mol. The van der Waals surface area contributed by atoms with Crippen LogP contribution >= 0.6 is 0 Å². The molecule has 124 valence electrons. The molecule has 0 saturated carbocycles. The van der Waals surface area contributed by atoms with Gasteiger partial charge in [0, 0.05) is 20.3 Å². The summed E-state index contributed by atoms with van der Waals surface area (Å²) >= 11 is 0. The lowest BCUT2D eigenvalue weighted by Gasteiger charge is -2.13. The lowest BCUT2D eigenvalue weighted by molar-refractivity contribution is 0.321. The van der Waals surface area contributed by atoms with Gasteiger partial charge in [-0.05, 0) is 43.2 Å². The fraction of sp³-hybridized carbons (Fsp3) is 0.412. The standard InChI is InChI=1S/C17H25N5O/c1-13-9-14(2)11-16(10-13)23-8-7-19-17(18-3)20-12-15-5-6-21-22(15)4/h5-6,9-11H,7-8,12H2,1-4H3,(H2,18,19,20). The van der Waals surface area contributed by atoms with E-state index in [1.54, 1.807) is 13.2 Å². The lowest BCUT2D eigenvalue weighted by Crippen LogP contribution is -2.39. The van der Waals surface area contributed by atoms with Gasteiger partial charge >= 0.3 is 0 Å². The second-order valence-corrected chi connectivity index (χ2v) is 5.47. The number of aromatic nitrogens is 2. The second-order valence-electron chi connectivity index (χ2n) is 5.47. The summed E-state index contributed by atoms with van der Waals surface area (Å²) in [6.45, 7) is 6.08. The largest absolute Gasteiger partial charge is 0.492 e. The molecule has 0 aliphatic heterocycles. The van der Waals surface area contributed by atoms with Crippen LogP contribution in [0.15, 0.2) is 35.5 Å². The van der Waals surface area contributed by atoms with E-state index in [0.29, 0.717) is 19.7 Å². The SMILES string of the molecule is CN=C(NCCOc1cc(C)cc(C)c1)NCc1ccnn1C. The van der Waals surface area contributed by atoms with Crippen LogP contribution in [0.5, 0.6) is 5.75 Å². The Bertz CT molecular complexity index is 643. The lowest BCUT2D eigenvalue weighted by atomic mass is 10.1. The molecule has 0 saturated heterocycles. The van der Waals surface area contributed by atoms with Crippen molar-refractivity contribution in [1.82, 2.24) is 20.4 Å². The van der Waals surface area contributed by atoms with Crippen molar-refractivity contribution in [3.05, 3.63) is 47.3 Å². The molecule has 0 amide bonds. The van der Waals surface area contributed by atoms with Crippen LogP contribution in [-0.2, 0) is 13.6 Å². The number of aliphatic imine (C=N–C) groups is 1. The second kappa shape index (κ2) is 8.22. The van der Waals surface area contributed by atoms with E-state index >= 15 is 0 Å². The fourth-order valence-corrected chi connectivity index (χ4v) is 2.32. The quantitative estimate of drug-likeness (QED) is 0.484. The number of benzene rings is 1. The molecular weight excluding hydrogens is 290 g/mol. The minimum atomic E-state index is 0.579. The summed E-state index contributed by atoms with van der Waals surface area (Å²) in [4.78, 5) is 4.20. The Hall–Kier alpha value is -2.50. The summed E-state index contributed by atoms with van der Waals surface area (Å²) in [5, 5.41) is 10.6. The molecule has 2 N–H and O–H groups in total. The predicted octanol–water partition coefficient (Wildman–Crippen LogP) is 1.78. The van der Waals surface area contributed by atoms with Crippen LogP contribution < -0.4 is 15.4 Å². The van der Waals surface area contributed by atoms with Gasteiger partial charge in [-0.1, -0.05) is 6.07 Å². The Labute approximate surface area is 137 Å². The third-order valence-electron chi connectivity index (χ3n) is 3.44. The van der Waals surface area contributed by atoms with Gasteiger partial charge < -0.3 is 15.4 Å². The number of hydrogen-bond donors (Lipinski definition) is 2. The molecule has 2 rings (SSSR count). The summed E-state index contributed by atoms with van der Waals surface area (Å²) in [7, 11) is 3.67. The molecule has 0 aliphatic carbocycles. The van der Waals surface area contributed by atoms with Crippen LogP contribution in [0.3, 0.4) is 0 Å². The van der Waals surface area contributed by atoms with E-state index in [1.807, 2.05) is 29.9 Å². The van der Waals surface area contributed by atoms with Crippen molar-refractivity contribution in [2.75, 3.05) is 20.2 Å². The van der Waals surface area contributed by atoms with Gasteiger partial charge in [-0.25, -0.2) is 0 Å². The van der Waals surface area contributed by atoms with Crippen LogP contribution in [0.2, 0.25) is 0 Å². The maximum atomic E-state index is 5.77. The van der Waals surface area contributed by atoms with Crippen molar-refractivity contribution < 1.29 is 4.74 Å². The van der Waals surface area contributed by atoms with E-state index in [9.17, 15) is 0 Å². The zero-order valence-corrected chi connectivity index (χ0v) is 14.3. The summed E-state index contributed by atoms with van der Waals surface area (Å²) < 4.78 is 7.61. The van der Waals surface area contributed by atoms with Crippen LogP contribution in [0.4, 0.5) is 0 Å². The highest BCUT2D eigenvalue weighted by Gasteiger charge is 2.02. The molecule has 0 spiro atoms. The Balaban J connectivity index is 1.72. The van der Waals surface area contributed by atoms with Crippen LogP contribution in [0, 0.1) is 13.8 Å². The van der Waals surface area contributed by atoms with E-state index in [2.05, 4.69) is 40.6 Å². The highest BCUT2D eigenvalue weighted by molar-refractivity contribution is 5.79. The Morgan fingerprint density at radius 1 is 1.22 bits per heavy atom. The van der Waals surface area contributed by atoms with Gasteiger partial charge in [0.1, 0.15) is 12.4 Å². The zero-order valence-electron chi connectivity index (χ0n) is 14.3. The van der Waals surface area contributed by atoms with E-state index in [0.717, 1.165) is 17.4 Å². The zero-order chi connectivity index (χ0) is 16.7. The van der Waals surface area contributed by atoms with Crippen molar-refractivity contribution in [3.8, 4) is 5.75 Å². The number of aryl methyl sites for hydroxylation is 3. The molecule has 0 bridgehead atoms. The molecular formula is C17H25N5O. The minimum Gasteiger partial charge on any atom is -0.492 e. The first-order valence-electron chi connectivity index (χ1n) is 7.71. The smallest absolute Gasteiger partial charge is 0.191 e. The van der Waals surface area contributed by atoms with Gasteiger partial charge in [-0.3, -0.25) is 9.67 Å². The maximum absolute atomic E-state index is 5.77. The number of hydrogen-bond acceptors (Lipinski definition) is 3. The molecule has 1 aromatic carbocycles. The van der Waals surface area contributed by atoms with Gasteiger partial charge in [0.2, 0.25) is 0 Å². The molecule has 0 unspecified atom stereocenters. The number of nitrogens with one attached hydrogen (secondary N) is 2. The molecule has 1 aromatic heterocycles. The molecule has 23 heavy (non-hydrogen) atoms. The van der Waals surface area contributed by atoms with Crippen molar-refractivity contribution in [2.24, 2.45) is 12.0 Å². The van der Waals surface area contributed by atoms with Crippen molar-refractivity contribution in [1.29, 1.82) is 0 Å². The van der Waals surface area contributed by atoms with Crippen molar-refractivity contribution >= 4 is 5.96 Å². The average Bonchev–Trinajstić information content (AvgIpc) is 2.91. The predicted molar refractivity (Wildman–Crippen MR) is 92.8 cm³/mol. The molecule has 0 radical (unpaired) electrons. The van der Waals surface area contributed by atoms with E-state index in [1.165, 1.54) is 11.1 Å². The van der Waals surface area contributed by atoms with Gasteiger partial charge in [-0.2, -0.15) is 5.10 Å². The Morgan fingerprint density at radius 2 is 1.96 bits per heavy atom. The third kappa shape index (κ3) is 5.32. The highest BCUT2D eigenvalue weighted by Crippen LogP contribution is 2.15. The third-order valence-corrected chi connectivity index (χ3v) is 3.44. The normalized spacial score (nSPS) is 11.4. The minimum absolute atomic E-state index is 0.579. The van der Waals surface area contributed by atoms with Crippen LogP contribution in [-0.4, -0.2) is 35.9 Å². The molecule has 6 heteroatoms. The van der Waals surface area contributed by atoms with E-state index in [4.69, 9.17) is 4.74 Å². The van der Waals surface area contributed by atoms with Gasteiger partial charge in [-0.15, -0.1) is 0 Å². The number of nitrogens with zero attached hydrogens (tertiary/aromatic N) is 3. The van der Waals surface area contributed by atoms with Crippen molar-refractivity contribution in [3.63, 3.8) is 0 Å². The average molecular weight is 315 g/mol. The van der Waals surface area contributed by atoms with Crippen molar-refractivity contribution in [2.45, 2.75) is 20.4 Å². The van der Waals surface area contributed by atoms with Gasteiger partial charge in [0.25, 0.3) is 0 Å². The first-order chi connectivity index (χ1) is 11.1. The van der Waals surface area contributed by atoms with Gasteiger partial charge in [0.15, 0.2) is 5.96 Å². The summed E-state index contributed by atoms with van der Waals surface area (Å²) in [6.07, 6.45) is 1.78. The van der Waals surface area contributed by atoms with E-state index < -0.39 is 0 Å². The molecule has 1 heterocycles.